The number of anilines is 1. The SMILES string of the molecule is C/C=C1\CC1CC(Cc1nc2c(nc1N(C)C(=O)Cc1c(C)c(F)c(F)c(F)c1F)CCc1ccccc1-2)CC(C)C. The van der Waals surface area contributed by atoms with Gasteiger partial charge in [0.25, 0.3) is 0 Å². The maximum Gasteiger partial charge on any atom is 0.232 e. The van der Waals surface area contributed by atoms with Crippen LogP contribution in [0.3, 0.4) is 0 Å². The molecule has 0 radical (unpaired) electrons. The molecule has 0 bridgehead atoms. The molecule has 0 aliphatic heterocycles. The fourth-order valence-electron chi connectivity index (χ4n) is 6.32. The molecule has 2 aliphatic carbocycles. The van der Waals surface area contributed by atoms with E-state index in [4.69, 9.17) is 9.97 Å². The van der Waals surface area contributed by atoms with Crippen molar-refractivity contribution in [3.05, 3.63) is 87.3 Å². The van der Waals surface area contributed by atoms with Crippen molar-refractivity contribution in [3.63, 3.8) is 0 Å². The Bertz CT molecular complexity index is 1540. The Hall–Kier alpha value is -3.55. The van der Waals surface area contributed by atoms with Gasteiger partial charge < -0.3 is 0 Å². The predicted octanol–water partition coefficient (Wildman–Crippen LogP) is 7.87. The van der Waals surface area contributed by atoms with Crippen LogP contribution >= 0.6 is 0 Å². The van der Waals surface area contributed by atoms with E-state index in [0.717, 1.165) is 49.6 Å². The fraction of sp³-hybridized carbons (Fsp3) is 0.441. The molecule has 2 aromatic carbocycles. The van der Waals surface area contributed by atoms with Crippen LogP contribution in [0, 0.1) is 47.9 Å². The molecule has 0 N–H and O–H groups in total. The summed E-state index contributed by atoms with van der Waals surface area (Å²) < 4.78 is 56.7. The van der Waals surface area contributed by atoms with Crippen LogP contribution in [0.15, 0.2) is 35.9 Å². The van der Waals surface area contributed by atoms with Crippen molar-refractivity contribution in [2.24, 2.45) is 17.8 Å². The van der Waals surface area contributed by atoms with Gasteiger partial charge in [-0.15, -0.1) is 0 Å². The maximum absolute atomic E-state index is 14.7. The van der Waals surface area contributed by atoms with E-state index in [9.17, 15) is 22.4 Å². The number of aromatic nitrogens is 2. The van der Waals surface area contributed by atoms with Gasteiger partial charge in [0.15, 0.2) is 29.1 Å². The quantitative estimate of drug-likeness (QED) is 0.112. The number of fused-ring (bicyclic) bond motifs is 3. The van der Waals surface area contributed by atoms with E-state index in [0.29, 0.717) is 42.1 Å². The number of likely N-dealkylation sites (N-methyl/N-ethyl adjacent to an activating group) is 1. The Morgan fingerprint density at radius 3 is 2.45 bits per heavy atom. The van der Waals surface area contributed by atoms with Crippen molar-refractivity contribution in [2.45, 2.75) is 72.6 Å². The summed E-state index contributed by atoms with van der Waals surface area (Å²) in [5.41, 5.74) is 5.01. The van der Waals surface area contributed by atoms with Gasteiger partial charge in [-0.3, -0.25) is 9.69 Å². The van der Waals surface area contributed by atoms with Gasteiger partial charge in [0.05, 0.1) is 23.5 Å². The first-order chi connectivity index (χ1) is 20.0. The van der Waals surface area contributed by atoms with Gasteiger partial charge in [-0.2, -0.15) is 0 Å². The molecule has 42 heavy (non-hydrogen) atoms. The van der Waals surface area contributed by atoms with Crippen LogP contribution in [0.25, 0.3) is 11.3 Å². The molecule has 2 aliphatic rings. The molecule has 4 nitrogen and oxygen atoms in total. The van der Waals surface area contributed by atoms with Crippen LogP contribution in [-0.4, -0.2) is 22.9 Å². The topological polar surface area (TPSA) is 46.1 Å². The van der Waals surface area contributed by atoms with Crippen LogP contribution in [0.2, 0.25) is 0 Å². The van der Waals surface area contributed by atoms with Gasteiger partial charge in [0.2, 0.25) is 5.91 Å². The summed E-state index contributed by atoms with van der Waals surface area (Å²) in [7, 11) is 1.53. The van der Waals surface area contributed by atoms with E-state index in [1.807, 2.05) is 18.2 Å². The molecule has 3 aromatic rings. The number of nitrogens with zero attached hydrogens (tertiary/aromatic N) is 3. The first kappa shape index (κ1) is 29.9. The number of hydrogen-bond acceptors (Lipinski definition) is 3. The van der Waals surface area contributed by atoms with Crippen LogP contribution in [0.5, 0.6) is 0 Å². The Morgan fingerprint density at radius 1 is 1.05 bits per heavy atom. The van der Waals surface area contributed by atoms with E-state index >= 15 is 0 Å². The average Bonchev–Trinajstić information content (AvgIpc) is 3.73. The number of allylic oxidation sites excluding steroid dienone is 2. The van der Waals surface area contributed by atoms with Crippen LogP contribution in [0.4, 0.5) is 23.4 Å². The Morgan fingerprint density at radius 2 is 1.76 bits per heavy atom. The molecule has 1 aromatic heterocycles. The van der Waals surface area contributed by atoms with Crippen LogP contribution in [0.1, 0.15) is 68.1 Å². The lowest BCUT2D eigenvalue weighted by Crippen LogP contribution is -2.32. The normalized spacial score (nSPS) is 17.3. The second-order valence-electron chi connectivity index (χ2n) is 12.1. The summed E-state index contributed by atoms with van der Waals surface area (Å²) in [4.78, 5) is 24.9. The lowest BCUT2D eigenvalue weighted by atomic mass is 9.87. The first-order valence-corrected chi connectivity index (χ1v) is 14.7. The largest absolute Gasteiger partial charge is 0.298 e. The molecule has 2 unspecified atom stereocenters. The summed E-state index contributed by atoms with van der Waals surface area (Å²) in [6.45, 7) is 7.60. The number of hydrogen-bond donors (Lipinski definition) is 0. The van der Waals surface area contributed by atoms with Gasteiger partial charge in [-0.25, -0.2) is 27.5 Å². The van der Waals surface area contributed by atoms with E-state index in [-0.39, 0.29) is 0 Å². The van der Waals surface area contributed by atoms with E-state index in [2.05, 4.69) is 32.9 Å². The predicted molar refractivity (Wildman–Crippen MR) is 156 cm³/mol. The molecule has 0 saturated heterocycles. The van der Waals surface area contributed by atoms with Crippen molar-refractivity contribution in [2.75, 3.05) is 11.9 Å². The lowest BCUT2D eigenvalue weighted by molar-refractivity contribution is -0.117. The molecule has 2 atom stereocenters. The molecular formula is C34H37F4N3O. The minimum Gasteiger partial charge on any atom is -0.298 e. The standard InChI is InChI=1S/C34H37F4N3O/c1-6-21-16-23(21)14-20(13-18(2)3)15-27-34(40-26-12-11-22-9-7-8-10-24(22)33(26)39-27)41(5)28(42)17-25-19(4)29(35)31(37)32(38)30(25)36/h6-10,18,20,23H,11-17H2,1-5H3/b21-6+. The molecule has 1 amide bonds. The van der Waals surface area contributed by atoms with E-state index < -0.39 is 46.7 Å². The number of rotatable bonds is 9. The van der Waals surface area contributed by atoms with Gasteiger partial charge in [0, 0.05) is 18.2 Å². The molecule has 8 heteroatoms. The maximum atomic E-state index is 14.7. The third-order valence-electron chi connectivity index (χ3n) is 8.69. The molecule has 222 valence electrons. The Labute approximate surface area is 244 Å². The summed E-state index contributed by atoms with van der Waals surface area (Å²) in [5.74, 6) is -5.77. The van der Waals surface area contributed by atoms with Crippen molar-refractivity contribution >= 4 is 11.7 Å². The monoisotopic (exact) mass is 579 g/mol. The van der Waals surface area contributed by atoms with Crippen molar-refractivity contribution in [3.8, 4) is 11.3 Å². The van der Waals surface area contributed by atoms with Crippen LogP contribution in [-0.2, 0) is 30.5 Å². The highest BCUT2D eigenvalue weighted by Gasteiger charge is 2.33. The molecule has 1 heterocycles. The third-order valence-corrected chi connectivity index (χ3v) is 8.69. The van der Waals surface area contributed by atoms with Crippen LogP contribution < -0.4 is 4.90 Å². The van der Waals surface area contributed by atoms with Gasteiger partial charge in [-0.05, 0) is 81.3 Å². The van der Waals surface area contributed by atoms with Gasteiger partial charge in [-0.1, -0.05) is 49.8 Å². The minimum absolute atomic E-state index is 0.306. The lowest BCUT2D eigenvalue weighted by Gasteiger charge is -2.27. The van der Waals surface area contributed by atoms with Gasteiger partial charge in [0.1, 0.15) is 0 Å². The smallest absolute Gasteiger partial charge is 0.232 e. The number of benzene rings is 2. The highest BCUT2D eigenvalue weighted by Crippen LogP contribution is 2.44. The Balaban J connectivity index is 1.53. The average molecular weight is 580 g/mol. The number of carbonyl (C=O) groups excluding carboxylic acids is 1. The van der Waals surface area contributed by atoms with Crippen molar-refractivity contribution < 1.29 is 22.4 Å². The number of amides is 1. The van der Waals surface area contributed by atoms with Gasteiger partial charge >= 0.3 is 0 Å². The molecule has 1 fully saturated rings. The highest BCUT2D eigenvalue weighted by atomic mass is 19.2. The van der Waals surface area contributed by atoms with Crippen molar-refractivity contribution in [1.82, 2.24) is 9.97 Å². The summed E-state index contributed by atoms with van der Waals surface area (Å²) in [6.07, 6.45) is 6.69. The highest BCUT2D eigenvalue weighted by molar-refractivity contribution is 5.94. The number of carbonyl (C=O) groups is 1. The summed E-state index contributed by atoms with van der Waals surface area (Å²) >= 11 is 0. The minimum atomic E-state index is -1.92. The molecular weight excluding hydrogens is 542 g/mol. The van der Waals surface area contributed by atoms with Crippen molar-refractivity contribution in [1.29, 1.82) is 0 Å². The Kier molecular flexibility index (Phi) is 8.53. The molecule has 0 spiro atoms. The first-order valence-electron chi connectivity index (χ1n) is 14.7. The molecule has 1 saturated carbocycles. The molecule has 5 rings (SSSR count). The van der Waals surface area contributed by atoms with E-state index in [1.54, 1.807) is 0 Å². The third kappa shape index (κ3) is 5.86. The zero-order valence-corrected chi connectivity index (χ0v) is 24.8. The summed E-state index contributed by atoms with van der Waals surface area (Å²) in [6, 6.07) is 8.12. The van der Waals surface area contributed by atoms with E-state index in [1.165, 1.54) is 23.1 Å². The fourth-order valence-corrected chi connectivity index (χ4v) is 6.32. The second kappa shape index (κ2) is 12.0. The summed E-state index contributed by atoms with van der Waals surface area (Å²) in [5, 5.41) is 0. The number of halogens is 4. The zero-order valence-electron chi connectivity index (χ0n) is 24.8. The second-order valence-corrected chi connectivity index (χ2v) is 12.1. The number of aryl methyl sites for hydroxylation is 2. The zero-order chi connectivity index (χ0) is 30.3.